The minimum atomic E-state index is 0.753. The second kappa shape index (κ2) is 4.98. The first-order valence-corrected chi connectivity index (χ1v) is 7.12. The quantitative estimate of drug-likeness (QED) is 0.944. The molecular formula is C14H16BrN3O. The normalized spacial score (nSPS) is 13.4. The molecule has 0 spiro atoms. The number of ether oxygens (including phenoxy) is 1. The van der Waals surface area contributed by atoms with Crippen LogP contribution in [0, 0.1) is 0 Å². The van der Waals surface area contributed by atoms with Crippen molar-refractivity contribution < 1.29 is 4.74 Å². The van der Waals surface area contributed by atoms with E-state index in [1.54, 1.807) is 0 Å². The van der Waals surface area contributed by atoms with E-state index in [9.17, 15) is 0 Å². The highest BCUT2D eigenvalue weighted by molar-refractivity contribution is 9.10. The van der Waals surface area contributed by atoms with Crippen LogP contribution in [0.4, 0.5) is 0 Å². The molecule has 2 aromatic rings. The van der Waals surface area contributed by atoms with E-state index in [0.717, 1.165) is 47.0 Å². The van der Waals surface area contributed by atoms with Gasteiger partial charge in [0.2, 0.25) is 0 Å². The SMILES string of the molecule is CNCc1nc(-c2ccc3c(c2)CCO3)c(Br)n1C. The Morgan fingerprint density at radius 2 is 2.32 bits per heavy atom. The van der Waals surface area contributed by atoms with Crippen molar-refractivity contribution in [1.82, 2.24) is 14.9 Å². The first kappa shape index (κ1) is 12.7. The molecule has 0 bridgehead atoms. The average Bonchev–Trinajstić information content (AvgIpc) is 2.98. The Kier molecular flexibility index (Phi) is 3.33. The average molecular weight is 322 g/mol. The first-order valence-electron chi connectivity index (χ1n) is 6.32. The van der Waals surface area contributed by atoms with Crippen molar-refractivity contribution in [1.29, 1.82) is 0 Å². The summed E-state index contributed by atoms with van der Waals surface area (Å²) in [4.78, 5) is 4.71. The van der Waals surface area contributed by atoms with Crippen LogP contribution in [0.1, 0.15) is 11.4 Å². The second-order valence-electron chi connectivity index (χ2n) is 4.68. The van der Waals surface area contributed by atoms with E-state index in [2.05, 4.69) is 37.9 Å². The lowest BCUT2D eigenvalue weighted by Crippen LogP contribution is -2.10. The van der Waals surface area contributed by atoms with Crippen LogP contribution in [0.25, 0.3) is 11.3 Å². The van der Waals surface area contributed by atoms with Gasteiger partial charge < -0.3 is 14.6 Å². The van der Waals surface area contributed by atoms with Gasteiger partial charge in [0.25, 0.3) is 0 Å². The van der Waals surface area contributed by atoms with Crippen LogP contribution in [0.2, 0.25) is 0 Å². The van der Waals surface area contributed by atoms with Gasteiger partial charge in [-0.2, -0.15) is 0 Å². The van der Waals surface area contributed by atoms with Crippen LogP contribution in [0.15, 0.2) is 22.8 Å². The van der Waals surface area contributed by atoms with Crippen molar-refractivity contribution in [3.8, 4) is 17.0 Å². The molecule has 0 amide bonds. The molecule has 0 radical (unpaired) electrons. The molecule has 1 aliphatic rings. The maximum absolute atomic E-state index is 5.54. The van der Waals surface area contributed by atoms with Gasteiger partial charge in [0, 0.05) is 19.0 Å². The third-order valence-electron chi connectivity index (χ3n) is 3.42. The third-order valence-corrected chi connectivity index (χ3v) is 4.32. The fraction of sp³-hybridized carbons (Fsp3) is 0.357. The maximum Gasteiger partial charge on any atom is 0.124 e. The summed E-state index contributed by atoms with van der Waals surface area (Å²) in [5.74, 6) is 2.02. The van der Waals surface area contributed by atoms with Crippen LogP contribution in [0.5, 0.6) is 5.75 Å². The summed E-state index contributed by atoms with van der Waals surface area (Å²) in [7, 11) is 3.94. The Balaban J connectivity index is 2.04. The molecule has 0 unspecified atom stereocenters. The van der Waals surface area contributed by atoms with Gasteiger partial charge in [-0.1, -0.05) is 0 Å². The predicted molar refractivity (Wildman–Crippen MR) is 78.3 cm³/mol. The molecule has 0 saturated carbocycles. The molecule has 0 saturated heterocycles. The second-order valence-corrected chi connectivity index (χ2v) is 5.43. The molecule has 2 heterocycles. The zero-order valence-electron chi connectivity index (χ0n) is 11.0. The van der Waals surface area contributed by atoms with Crippen LogP contribution in [-0.4, -0.2) is 23.2 Å². The molecule has 19 heavy (non-hydrogen) atoms. The van der Waals surface area contributed by atoms with Gasteiger partial charge in [0.15, 0.2) is 0 Å². The fourth-order valence-electron chi connectivity index (χ4n) is 2.36. The number of nitrogens with zero attached hydrogens (tertiary/aromatic N) is 2. The number of hydrogen-bond donors (Lipinski definition) is 1. The summed E-state index contributed by atoms with van der Waals surface area (Å²) in [5, 5.41) is 3.13. The van der Waals surface area contributed by atoms with E-state index >= 15 is 0 Å². The maximum atomic E-state index is 5.54. The summed E-state index contributed by atoms with van der Waals surface area (Å²) in [6, 6.07) is 6.29. The fourth-order valence-corrected chi connectivity index (χ4v) is 2.88. The molecule has 1 aromatic heterocycles. The molecule has 1 N–H and O–H groups in total. The Hall–Kier alpha value is -1.33. The number of aromatic nitrogens is 2. The van der Waals surface area contributed by atoms with Crippen LogP contribution in [0.3, 0.4) is 0 Å². The van der Waals surface area contributed by atoms with Gasteiger partial charge in [-0.05, 0) is 46.7 Å². The van der Waals surface area contributed by atoms with E-state index < -0.39 is 0 Å². The zero-order valence-corrected chi connectivity index (χ0v) is 12.6. The van der Waals surface area contributed by atoms with Crippen LogP contribution >= 0.6 is 15.9 Å². The minimum Gasteiger partial charge on any atom is -0.493 e. The largest absolute Gasteiger partial charge is 0.493 e. The molecule has 1 aromatic carbocycles. The van der Waals surface area contributed by atoms with E-state index in [1.165, 1.54) is 5.56 Å². The van der Waals surface area contributed by atoms with Gasteiger partial charge in [-0.15, -0.1) is 0 Å². The summed E-state index contributed by atoms with van der Waals surface area (Å²) in [5.41, 5.74) is 3.39. The molecule has 1 aliphatic heterocycles. The van der Waals surface area contributed by atoms with E-state index in [-0.39, 0.29) is 0 Å². The number of benzene rings is 1. The van der Waals surface area contributed by atoms with E-state index in [1.807, 2.05) is 20.2 Å². The Labute approximate surface area is 120 Å². The van der Waals surface area contributed by atoms with E-state index in [4.69, 9.17) is 9.72 Å². The smallest absolute Gasteiger partial charge is 0.124 e. The number of hydrogen-bond acceptors (Lipinski definition) is 3. The highest BCUT2D eigenvalue weighted by Crippen LogP contribution is 2.33. The molecule has 0 atom stereocenters. The van der Waals surface area contributed by atoms with Crippen molar-refractivity contribution >= 4 is 15.9 Å². The molecule has 0 fully saturated rings. The topological polar surface area (TPSA) is 39.1 Å². The Morgan fingerprint density at radius 1 is 1.47 bits per heavy atom. The van der Waals surface area contributed by atoms with Crippen molar-refractivity contribution in [3.05, 3.63) is 34.2 Å². The predicted octanol–water partition coefficient (Wildman–Crippen LogP) is 2.50. The van der Waals surface area contributed by atoms with Crippen LogP contribution < -0.4 is 10.1 Å². The van der Waals surface area contributed by atoms with Crippen molar-refractivity contribution in [3.63, 3.8) is 0 Å². The van der Waals surface area contributed by atoms with Gasteiger partial charge in [0.05, 0.1) is 13.2 Å². The van der Waals surface area contributed by atoms with Crippen molar-refractivity contribution in [2.45, 2.75) is 13.0 Å². The Morgan fingerprint density at radius 3 is 3.11 bits per heavy atom. The molecular weight excluding hydrogens is 306 g/mol. The van der Waals surface area contributed by atoms with Gasteiger partial charge in [0.1, 0.15) is 21.9 Å². The van der Waals surface area contributed by atoms with Gasteiger partial charge in [-0.3, -0.25) is 0 Å². The van der Waals surface area contributed by atoms with E-state index in [0.29, 0.717) is 0 Å². The lowest BCUT2D eigenvalue weighted by Gasteiger charge is -2.02. The summed E-state index contributed by atoms with van der Waals surface area (Å²) in [6.45, 7) is 1.54. The monoisotopic (exact) mass is 321 g/mol. The summed E-state index contributed by atoms with van der Waals surface area (Å²) < 4.78 is 8.62. The lowest BCUT2D eigenvalue weighted by molar-refractivity contribution is 0.357. The third kappa shape index (κ3) is 2.17. The number of halogens is 1. The first-order chi connectivity index (χ1) is 9.20. The molecule has 4 nitrogen and oxygen atoms in total. The minimum absolute atomic E-state index is 0.753. The number of nitrogens with one attached hydrogen (secondary N) is 1. The highest BCUT2D eigenvalue weighted by Gasteiger charge is 2.17. The summed E-state index contributed by atoms with van der Waals surface area (Å²) >= 11 is 3.63. The molecule has 3 rings (SSSR count). The molecule has 5 heteroatoms. The van der Waals surface area contributed by atoms with Crippen LogP contribution in [-0.2, 0) is 20.0 Å². The van der Waals surface area contributed by atoms with Crippen molar-refractivity contribution in [2.24, 2.45) is 7.05 Å². The highest BCUT2D eigenvalue weighted by atomic mass is 79.9. The van der Waals surface area contributed by atoms with Gasteiger partial charge >= 0.3 is 0 Å². The molecule has 0 aliphatic carbocycles. The number of fused-ring (bicyclic) bond motifs is 1. The Bertz CT molecular complexity index is 621. The standard InChI is InChI=1S/C14H16BrN3O/c1-16-8-12-17-13(14(15)18(12)2)10-3-4-11-9(7-10)5-6-19-11/h3-4,7,16H,5-6,8H2,1-2H3. The summed E-state index contributed by atoms with van der Waals surface area (Å²) in [6.07, 6.45) is 0.983. The molecule has 100 valence electrons. The number of rotatable bonds is 3. The zero-order chi connectivity index (χ0) is 13.4. The lowest BCUT2D eigenvalue weighted by atomic mass is 10.1. The van der Waals surface area contributed by atoms with Crippen molar-refractivity contribution in [2.75, 3.05) is 13.7 Å². The number of imidazole rings is 1. The van der Waals surface area contributed by atoms with Gasteiger partial charge in [-0.25, -0.2) is 4.98 Å².